The molecule has 30 heavy (non-hydrogen) atoms. The average Bonchev–Trinajstić information content (AvgIpc) is 3.44. The van der Waals surface area contributed by atoms with Crippen LogP contribution in [-0.2, 0) is 12.0 Å². The van der Waals surface area contributed by atoms with Crippen molar-refractivity contribution >= 4 is 11.7 Å². The number of nitrogens with zero attached hydrogens (tertiary/aromatic N) is 4. The Morgan fingerprint density at radius 1 is 1.07 bits per heavy atom. The number of amides is 1. The number of anilines is 1. The van der Waals surface area contributed by atoms with Crippen molar-refractivity contribution in [2.75, 3.05) is 44.7 Å². The molecule has 2 saturated heterocycles. The van der Waals surface area contributed by atoms with Crippen LogP contribution in [0.25, 0.3) is 0 Å². The first-order valence-electron chi connectivity index (χ1n) is 11.1. The monoisotopic (exact) mass is 406 g/mol. The van der Waals surface area contributed by atoms with Crippen molar-refractivity contribution in [3.8, 4) is 0 Å². The van der Waals surface area contributed by atoms with Crippen LogP contribution < -0.4 is 4.90 Å². The van der Waals surface area contributed by atoms with Crippen LogP contribution in [0.15, 0.2) is 42.5 Å². The van der Waals surface area contributed by atoms with Crippen molar-refractivity contribution in [1.82, 2.24) is 14.8 Å². The lowest BCUT2D eigenvalue weighted by Gasteiger charge is -2.48. The molecule has 1 amide bonds. The molecule has 2 fully saturated rings. The predicted octanol–water partition coefficient (Wildman–Crippen LogP) is 2.27. The van der Waals surface area contributed by atoms with Crippen molar-refractivity contribution < 1.29 is 9.90 Å². The van der Waals surface area contributed by atoms with E-state index in [1.165, 1.54) is 5.56 Å². The van der Waals surface area contributed by atoms with Crippen molar-refractivity contribution in [3.05, 3.63) is 59.3 Å². The van der Waals surface area contributed by atoms with Crippen LogP contribution >= 0.6 is 0 Å². The summed E-state index contributed by atoms with van der Waals surface area (Å²) < 4.78 is 0. The number of hydrogen-bond acceptors (Lipinski definition) is 5. The first-order valence-corrected chi connectivity index (χ1v) is 11.1. The molecular weight excluding hydrogens is 376 g/mol. The molecule has 158 valence electrons. The lowest BCUT2D eigenvalue weighted by Crippen LogP contribution is -2.61. The number of likely N-dealkylation sites (N-methyl/N-ethyl adjacent to an activating group) is 1. The summed E-state index contributed by atoms with van der Waals surface area (Å²) >= 11 is 0. The molecule has 5 rings (SSSR count). The maximum Gasteiger partial charge on any atom is 0.272 e. The second kappa shape index (κ2) is 7.67. The van der Waals surface area contributed by atoms with Gasteiger partial charge in [-0.05, 0) is 56.0 Å². The standard InChI is InChI=1S/C24H30N4O2/c1-26-15-11-18-9-10-20(25-22(18)26)23(29)28-16-12-24(30,19-7-3-2-4-8-19)21(17-28)27-13-5-6-14-27/h2-4,7-10,21,30H,5-6,11-17H2,1H3/t21-,24+/m1/s1. The van der Waals surface area contributed by atoms with Crippen LogP contribution in [0.4, 0.5) is 5.82 Å². The van der Waals surface area contributed by atoms with Crippen LogP contribution in [-0.4, -0.2) is 71.6 Å². The number of likely N-dealkylation sites (tertiary alicyclic amines) is 2. The summed E-state index contributed by atoms with van der Waals surface area (Å²) in [5.74, 6) is 0.896. The molecule has 0 unspecified atom stereocenters. The second-order valence-corrected chi connectivity index (χ2v) is 8.90. The fourth-order valence-corrected chi connectivity index (χ4v) is 5.32. The Labute approximate surface area is 178 Å². The number of hydrogen-bond donors (Lipinski definition) is 1. The predicted molar refractivity (Wildman–Crippen MR) is 117 cm³/mol. The highest BCUT2D eigenvalue weighted by Crippen LogP contribution is 2.37. The van der Waals surface area contributed by atoms with Gasteiger partial charge < -0.3 is 14.9 Å². The minimum absolute atomic E-state index is 0.0302. The third kappa shape index (κ3) is 3.28. The number of aromatic nitrogens is 1. The summed E-state index contributed by atoms with van der Waals surface area (Å²) in [5.41, 5.74) is 1.73. The Hall–Kier alpha value is -2.44. The second-order valence-electron chi connectivity index (χ2n) is 8.90. The fraction of sp³-hybridized carbons (Fsp3) is 0.500. The molecule has 0 saturated carbocycles. The van der Waals surface area contributed by atoms with Gasteiger partial charge in [0.2, 0.25) is 0 Å². The molecule has 2 aromatic rings. The van der Waals surface area contributed by atoms with Crippen LogP contribution in [0.3, 0.4) is 0 Å². The number of pyridine rings is 1. The highest BCUT2D eigenvalue weighted by Gasteiger charge is 2.47. The Balaban J connectivity index is 1.42. The largest absolute Gasteiger partial charge is 0.383 e. The van der Waals surface area contributed by atoms with Gasteiger partial charge >= 0.3 is 0 Å². The topological polar surface area (TPSA) is 59.9 Å². The summed E-state index contributed by atoms with van der Waals surface area (Å²) in [4.78, 5) is 24.4. The van der Waals surface area contributed by atoms with Gasteiger partial charge in [0.1, 0.15) is 17.1 Å². The molecule has 1 aromatic carbocycles. The molecule has 0 aliphatic carbocycles. The zero-order valence-corrected chi connectivity index (χ0v) is 17.6. The van der Waals surface area contributed by atoms with Gasteiger partial charge in [0, 0.05) is 26.7 Å². The Kier molecular flexibility index (Phi) is 4.99. The molecule has 4 heterocycles. The molecular formula is C24H30N4O2. The van der Waals surface area contributed by atoms with Gasteiger partial charge in [0.05, 0.1) is 6.04 Å². The normalized spacial score (nSPS) is 26.8. The van der Waals surface area contributed by atoms with Gasteiger partial charge in [-0.15, -0.1) is 0 Å². The van der Waals surface area contributed by atoms with E-state index in [-0.39, 0.29) is 11.9 Å². The number of benzene rings is 1. The lowest BCUT2D eigenvalue weighted by atomic mass is 9.79. The quantitative estimate of drug-likeness (QED) is 0.847. The molecule has 0 spiro atoms. The zero-order valence-electron chi connectivity index (χ0n) is 17.6. The molecule has 3 aliphatic heterocycles. The minimum atomic E-state index is -0.937. The number of piperidine rings is 1. The minimum Gasteiger partial charge on any atom is -0.383 e. The average molecular weight is 407 g/mol. The number of aliphatic hydroxyl groups is 1. The van der Waals surface area contributed by atoms with Gasteiger partial charge in [0.25, 0.3) is 5.91 Å². The number of carbonyl (C=O) groups is 1. The van der Waals surface area contributed by atoms with Gasteiger partial charge in [0.15, 0.2) is 0 Å². The summed E-state index contributed by atoms with van der Waals surface area (Å²) in [5, 5.41) is 11.8. The summed E-state index contributed by atoms with van der Waals surface area (Å²) in [6.45, 7) is 3.96. The van der Waals surface area contributed by atoms with Crippen LogP contribution in [0, 0.1) is 0 Å². The first-order chi connectivity index (χ1) is 14.6. The van der Waals surface area contributed by atoms with E-state index in [0.29, 0.717) is 25.2 Å². The van der Waals surface area contributed by atoms with E-state index in [0.717, 1.165) is 50.3 Å². The molecule has 0 radical (unpaired) electrons. The third-order valence-electron chi connectivity index (χ3n) is 7.10. The van der Waals surface area contributed by atoms with Gasteiger partial charge in [-0.3, -0.25) is 9.69 Å². The van der Waals surface area contributed by atoms with Crippen molar-refractivity contribution in [3.63, 3.8) is 0 Å². The van der Waals surface area contributed by atoms with E-state index in [4.69, 9.17) is 0 Å². The van der Waals surface area contributed by atoms with Crippen molar-refractivity contribution in [2.45, 2.75) is 37.3 Å². The van der Waals surface area contributed by atoms with Gasteiger partial charge in [-0.2, -0.15) is 0 Å². The van der Waals surface area contributed by atoms with Crippen LogP contribution in [0.5, 0.6) is 0 Å². The Bertz CT molecular complexity index is 928. The smallest absolute Gasteiger partial charge is 0.272 e. The number of rotatable bonds is 3. The lowest BCUT2D eigenvalue weighted by molar-refractivity contribution is -0.0878. The van der Waals surface area contributed by atoms with E-state index in [1.54, 1.807) is 0 Å². The summed E-state index contributed by atoms with van der Waals surface area (Å²) in [7, 11) is 2.03. The van der Waals surface area contributed by atoms with E-state index in [1.807, 2.05) is 54.4 Å². The molecule has 1 N–H and O–H groups in total. The van der Waals surface area contributed by atoms with E-state index in [9.17, 15) is 9.90 Å². The first kappa shape index (κ1) is 19.5. The number of carbonyl (C=O) groups excluding carboxylic acids is 1. The third-order valence-corrected chi connectivity index (χ3v) is 7.10. The van der Waals surface area contributed by atoms with E-state index >= 15 is 0 Å². The molecule has 3 aliphatic rings. The molecule has 0 bridgehead atoms. The Morgan fingerprint density at radius 3 is 2.60 bits per heavy atom. The van der Waals surface area contributed by atoms with Crippen LogP contribution in [0.1, 0.15) is 40.9 Å². The fourth-order valence-electron chi connectivity index (χ4n) is 5.32. The molecule has 1 aromatic heterocycles. The SMILES string of the molecule is CN1CCc2ccc(C(=O)N3CC[C@](O)(c4ccccc4)[C@H](N4CCCC4)C3)nc21. The van der Waals surface area contributed by atoms with Gasteiger partial charge in [-0.1, -0.05) is 36.4 Å². The summed E-state index contributed by atoms with van der Waals surface area (Å²) in [6.07, 6.45) is 3.81. The van der Waals surface area contributed by atoms with E-state index in [2.05, 4.69) is 14.8 Å². The van der Waals surface area contributed by atoms with Crippen molar-refractivity contribution in [1.29, 1.82) is 0 Å². The Morgan fingerprint density at radius 2 is 1.83 bits per heavy atom. The maximum absolute atomic E-state index is 13.4. The molecule has 6 heteroatoms. The van der Waals surface area contributed by atoms with Gasteiger partial charge in [-0.25, -0.2) is 4.98 Å². The summed E-state index contributed by atoms with van der Waals surface area (Å²) in [6, 6.07) is 13.8. The maximum atomic E-state index is 13.4. The molecule has 2 atom stereocenters. The number of fused-ring (bicyclic) bond motifs is 1. The molecule has 6 nitrogen and oxygen atoms in total. The highest BCUT2D eigenvalue weighted by atomic mass is 16.3. The van der Waals surface area contributed by atoms with Crippen molar-refractivity contribution in [2.24, 2.45) is 0 Å². The highest BCUT2D eigenvalue weighted by molar-refractivity contribution is 5.93. The zero-order chi connectivity index (χ0) is 20.7. The van der Waals surface area contributed by atoms with Crippen LogP contribution in [0.2, 0.25) is 0 Å². The van der Waals surface area contributed by atoms with E-state index < -0.39 is 5.60 Å².